The third-order valence-corrected chi connectivity index (χ3v) is 2.65. The number of aromatic carboxylic acids is 1. The highest BCUT2D eigenvalue weighted by Crippen LogP contribution is 2.33. The third kappa shape index (κ3) is 2.42. The van der Waals surface area contributed by atoms with Gasteiger partial charge in [0.25, 0.3) is 5.56 Å². The molecule has 0 atom stereocenters. The molecule has 0 amide bonds. The fourth-order valence-electron chi connectivity index (χ4n) is 1.77. The Hall–Kier alpha value is -2.57. The fourth-order valence-corrected chi connectivity index (χ4v) is 1.77. The number of hydrogen-bond acceptors (Lipinski definition) is 2. The number of carboxylic acid groups (broad SMARTS) is 1. The summed E-state index contributed by atoms with van der Waals surface area (Å²) >= 11 is 0. The van der Waals surface area contributed by atoms with Crippen molar-refractivity contribution < 1.29 is 23.1 Å². The van der Waals surface area contributed by atoms with Gasteiger partial charge in [-0.2, -0.15) is 13.2 Å². The van der Waals surface area contributed by atoms with Crippen LogP contribution in [0.25, 0.3) is 5.69 Å². The number of rotatable bonds is 2. The standard InChI is InChI=1S/C13H8F3NO3/c14-13(15,16)9-5-1-2-6-10(9)17-7-3-4-8(11(17)18)12(19)20/h1-7H,(H,19,20). The van der Waals surface area contributed by atoms with Gasteiger partial charge in [0.1, 0.15) is 5.56 Å². The van der Waals surface area contributed by atoms with Crippen molar-refractivity contribution in [1.29, 1.82) is 0 Å². The molecule has 0 saturated carbocycles. The largest absolute Gasteiger partial charge is 0.477 e. The number of pyridine rings is 1. The van der Waals surface area contributed by atoms with Gasteiger partial charge in [0.15, 0.2) is 0 Å². The molecule has 7 heteroatoms. The first-order valence-corrected chi connectivity index (χ1v) is 5.44. The van der Waals surface area contributed by atoms with Crippen molar-refractivity contribution >= 4 is 5.97 Å². The summed E-state index contributed by atoms with van der Waals surface area (Å²) in [7, 11) is 0. The lowest BCUT2D eigenvalue weighted by atomic mass is 10.1. The number of aromatic nitrogens is 1. The van der Waals surface area contributed by atoms with Gasteiger partial charge < -0.3 is 5.11 Å². The van der Waals surface area contributed by atoms with Gasteiger partial charge in [-0.25, -0.2) is 4.79 Å². The molecule has 0 aliphatic carbocycles. The lowest BCUT2D eigenvalue weighted by molar-refractivity contribution is -0.137. The minimum atomic E-state index is -4.64. The van der Waals surface area contributed by atoms with Crippen molar-refractivity contribution in [1.82, 2.24) is 4.57 Å². The maximum Gasteiger partial charge on any atom is 0.418 e. The van der Waals surface area contributed by atoms with Crippen LogP contribution in [0.3, 0.4) is 0 Å². The van der Waals surface area contributed by atoms with Crippen LogP contribution in [0.2, 0.25) is 0 Å². The number of hydrogen-bond donors (Lipinski definition) is 1. The summed E-state index contributed by atoms with van der Waals surface area (Å²) in [6.45, 7) is 0. The summed E-state index contributed by atoms with van der Waals surface area (Å²) in [5.74, 6) is -1.49. The zero-order valence-electron chi connectivity index (χ0n) is 9.89. The van der Waals surface area contributed by atoms with Crippen LogP contribution < -0.4 is 5.56 Å². The minimum absolute atomic E-state index is 0.409. The quantitative estimate of drug-likeness (QED) is 0.921. The van der Waals surface area contributed by atoms with Crippen LogP contribution in [-0.2, 0) is 6.18 Å². The molecule has 0 aliphatic heterocycles. The van der Waals surface area contributed by atoms with Crippen molar-refractivity contribution in [3.05, 3.63) is 64.1 Å². The van der Waals surface area contributed by atoms with Gasteiger partial charge in [0.2, 0.25) is 0 Å². The minimum Gasteiger partial charge on any atom is -0.477 e. The van der Waals surface area contributed by atoms with Gasteiger partial charge in [-0.1, -0.05) is 12.1 Å². The molecule has 0 fully saturated rings. The van der Waals surface area contributed by atoms with E-state index in [1.54, 1.807) is 0 Å². The van der Waals surface area contributed by atoms with Gasteiger partial charge in [0, 0.05) is 6.20 Å². The average Bonchev–Trinajstić information content (AvgIpc) is 2.37. The molecule has 1 heterocycles. The summed E-state index contributed by atoms with van der Waals surface area (Å²) in [4.78, 5) is 22.8. The number of halogens is 3. The SMILES string of the molecule is O=C(O)c1cccn(-c2ccccc2C(F)(F)F)c1=O. The van der Waals surface area contributed by atoms with Gasteiger partial charge >= 0.3 is 12.1 Å². The highest BCUT2D eigenvalue weighted by Gasteiger charge is 2.34. The molecule has 0 spiro atoms. The maximum absolute atomic E-state index is 12.9. The number of alkyl halides is 3. The first-order valence-electron chi connectivity index (χ1n) is 5.44. The molecule has 0 aliphatic rings. The molecule has 2 aromatic rings. The Kier molecular flexibility index (Phi) is 3.35. The van der Waals surface area contributed by atoms with Crippen molar-refractivity contribution in [2.45, 2.75) is 6.18 Å². The highest BCUT2D eigenvalue weighted by atomic mass is 19.4. The van der Waals surface area contributed by atoms with Crippen LogP contribution in [0.5, 0.6) is 0 Å². The van der Waals surface area contributed by atoms with E-state index in [9.17, 15) is 22.8 Å². The monoisotopic (exact) mass is 283 g/mol. The van der Waals surface area contributed by atoms with Crippen LogP contribution in [0.1, 0.15) is 15.9 Å². The molecular weight excluding hydrogens is 275 g/mol. The lowest BCUT2D eigenvalue weighted by Crippen LogP contribution is -2.26. The predicted molar refractivity (Wildman–Crippen MR) is 64.0 cm³/mol. The van der Waals surface area contributed by atoms with Crippen LogP contribution in [0.15, 0.2) is 47.4 Å². The fraction of sp³-hybridized carbons (Fsp3) is 0.0769. The van der Waals surface area contributed by atoms with E-state index in [4.69, 9.17) is 5.11 Å². The molecule has 0 radical (unpaired) electrons. The van der Waals surface area contributed by atoms with Crippen LogP contribution in [0, 0.1) is 0 Å². The molecule has 0 bridgehead atoms. The second-order valence-electron chi connectivity index (χ2n) is 3.92. The molecule has 20 heavy (non-hydrogen) atoms. The van der Waals surface area contributed by atoms with E-state index >= 15 is 0 Å². The number of para-hydroxylation sites is 1. The Morgan fingerprint density at radius 3 is 2.35 bits per heavy atom. The van der Waals surface area contributed by atoms with E-state index in [0.29, 0.717) is 4.57 Å². The predicted octanol–water partition coefficient (Wildman–Crippen LogP) is 2.55. The van der Waals surface area contributed by atoms with Gasteiger partial charge in [-0.3, -0.25) is 9.36 Å². The Balaban J connectivity index is 2.74. The molecular formula is C13H8F3NO3. The molecule has 4 nitrogen and oxygen atoms in total. The van der Waals surface area contributed by atoms with Crippen LogP contribution in [-0.4, -0.2) is 15.6 Å². The molecule has 0 saturated heterocycles. The van der Waals surface area contributed by atoms with E-state index in [1.165, 1.54) is 18.2 Å². The second-order valence-corrected chi connectivity index (χ2v) is 3.92. The van der Waals surface area contributed by atoms with Crippen LogP contribution in [0.4, 0.5) is 13.2 Å². The average molecular weight is 283 g/mol. The van der Waals surface area contributed by atoms with Crippen molar-refractivity contribution in [2.75, 3.05) is 0 Å². The first-order chi connectivity index (χ1) is 9.32. The zero-order chi connectivity index (χ0) is 14.9. The van der Waals surface area contributed by atoms with Crippen molar-refractivity contribution in [2.24, 2.45) is 0 Å². The van der Waals surface area contributed by atoms with E-state index in [2.05, 4.69) is 0 Å². The Labute approximate surface area is 110 Å². The topological polar surface area (TPSA) is 59.3 Å². The molecule has 0 unspecified atom stereocenters. The normalized spacial score (nSPS) is 11.3. The molecule has 104 valence electrons. The number of carboxylic acids is 1. The maximum atomic E-state index is 12.9. The smallest absolute Gasteiger partial charge is 0.418 e. The van der Waals surface area contributed by atoms with E-state index in [-0.39, 0.29) is 0 Å². The summed E-state index contributed by atoms with van der Waals surface area (Å²) < 4.78 is 39.4. The summed E-state index contributed by atoms with van der Waals surface area (Å²) in [6.07, 6.45) is -3.55. The van der Waals surface area contributed by atoms with Gasteiger partial charge in [-0.15, -0.1) is 0 Å². The molecule has 1 aromatic heterocycles. The zero-order valence-corrected chi connectivity index (χ0v) is 9.89. The van der Waals surface area contributed by atoms with E-state index in [0.717, 1.165) is 24.4 Å². The first kappa shape index (κ1) is 13.9. The molecule has 2 rings (SSSR count). The van der Waals surface area contributed by atoms with Crippen molar-refractivity contribution in [3.8, 4) is 5.69 Å². The van der Waals surface area contributed by atoms with Gasteiger partial charge in [-0.05, 0) is 24.3 Å². The highest BCUT2D eigenvalue weighted by molar-refractivity contribution is 5.87. The Morgan fingerprint density at radius 2 is 1.75 bits per heavy atom. The Bertz CT molecular complexity index is 719. The van der Waals surface area contributed by atoms with E-state index in [1.807, 2.05) is 0 Å². The van der Waals surface area contributed by atoms with Crippen LogP contribution >= 0.6 is 0 Å². The lowest BCUT2D eigenvalue weighted by Gasteiger charge is -2.14. The summed E-state index contributed by atoms with van der Waals surface area (Å²) in [5.41, 5.74) is -3.03. The number of carbonyl (C=O) groups is 1. The molecule has 1 N–H and O–H groups in total. The number of benzene rings is 1. The van der Waals surface area contributed by atoms with E-state index < -0.39 is 34.5 Å². The third-order valence-electron chi connectivity index (χ3n) is 2.65. The Morgan fingerprint density at radius 1 is 1.10 bits per heavy atom. The summed E-state index contributed by atoms with van der Waals surface area (Å²) in [6, 6.07) is 6.71. The van der Waals surface area contributed by atoms with Crippen molar-refractivity contribution in [3.63, 3.8) is 0 Å². The summed E-state index contributed by atoms with van der Waals surface area (Å²) in [5, 5.41) is 8.83. The molecule has 1 aromatic carbocycles. The number of nitrogens with zero attached hydrogens (tertiary/aromatic N) is 1. The second kappa shape index (κ2) is 4.84. The van der Waals surface area contributed by atoms with Gasteiger partial charge in [0.05, 0.1) is 11.3 Å².